The van der Waals surface area contributed by atoms with E-state index >= 15 is 0 Å². The maximum atomic E-state index is 5.20. The molecule has 54 valence electrons. The maximum Gasteiger partial charge on any atom is 0.316 e. The molecule has 0 bridgehead atoms. The Kier molecular flexibility index (Phi) is 2.98. The summed E-state index contributed by atoms with van der Waals surface area (Å²) in [5.41, 5.74) is 0.919. The average molecular weight is 223 g/mol. The lowest BCUT2D eigenvalue weighted by Crippen LogP contribution is -1.63. The predicted molar refractivity (Wildman–Crippen MR) is 52.5 cm³/mol. The van der Waals surface area contributed by atoms with Gasteiger partial charge in [-0.15, -0.1) is 0 Å². The average Bonchev–Trinajstić information content (AvgIpc) is 2.36. The molecule has 11 heavy (non-hydrogen) atoms. The normalized spacial score (nSPS) is 9.55. The van der Waals surface area contributed by atoms with E-state index < -0.39 is 0 Å². The van der Waals surface area contributed by atoms with Gasteiger partial charge in [0, 0.05) is 5.39 Å². The number of fused-ring (bicyclic) bond motifs is 1. The summed E-state index contributed by atoms with van der Waals surface area (Å²) in [6.07, 6.45) is 1.69. The molecule has 0 saturated heterocycles. The second kappa shape index (κ2) is 3.60. The van der Waals surface area contributed by atoms with Crippen molar-refractivity contribution < 1.29 is 4.42 Å². The Morgan fingerprint density at radius 1 is 1.18 bits per heavy atom. The molecule has 0 aliphatic heterocycles. The maximum absolute atomic E-state index is 5.20. The van der Waals surface area contributed by atoms with Gasteiger partial charge in [-0.05, 0) is 28.1 Å². The first kappa shape index (κ1) is 9.10. The standard InChI is InChI=1S/C8H5BrO.Mg.2H/c9-7-3-1-2-6-4-5-10-8(6)7;;;/h1-5H;;;. The zero-order valence-corrected chi connectivity index (χ0v) is 6.76. The molecule has 1 aromatic carbocycles. The van der Waals surface area contributed by atoms with E-state index in [4.69, 9.17) is 4.42 Å². The Labute approximate surface area is 89.0 Å². The van der Waals surface area contributed by atoms with Crippen LogP contribution in [0.3, 0.4) is 0 Å². The second-order valence-electron chi connectivity index (χ2n) is 2.08. The summed E-state index contributed by atoms with van der Waals surface area (Å²) in [6, 6.07) is 7.91. The summed E-state index contributed by atoms with van der Waals surface area (Å²) < 4.78 is 6.21. The van der Waals surface area contributed by atoms with Gasteiger partial charge in [0.05, 0.1) is 10.7 Å². The third kappa shape index (κ3) is 1.60. The van der Waals surface area contributed by atoms with Gasteiger partial charge in [0.2, 0.25) is 0 Å². The molecule has 3 heteroatoms. The van der Waals surface area contributed by atoms with Crippen LogP contribution in [0.5, 0.6) is 0 Å². The van der Waals surface area contributed by atoms with Crippen LogP contribution in [0, 0.1) is 0 Å². The van der Waals surface area contributed by atoms with Gasteiger partial charge in [-0.25, -0.2) is 0 Å². The molecule has 2 rings (SSSR count). The van der Waals surface area contributed by atoms with Crippen molar-refractivity contribution in [3.8, 4) is 0 Å². The molecule has 0 aliphatic carbocycles. The van der Waals surface area contributed by atoms with Crippen molar-refractivity contribution in [2.45, 2.75) is 0 Å². The summed E-state index contributed by atoms with van der Waals surface area (Å²) >= 11 is 3.38. The van der Waals surface area contributed by atoms with Crippen LogP contribution in [-0.2, 0) is 0 Å². The first-order chi connectivity index (χ1) is 4.88. The first-order valence-electron chi connectivity index (χ1n) is 2.99. The summed E-state index contributed by atoms with van der Waals surface area (Å²) in [5.74, 6) is 0. The van der Waals surface area contributed by atoms with Crippen LogP contribution >= 0.6 is 15.9 Å². The van der Waals surface area contributed by atoms with Gasteiger partial charge < -0.3 is 4.42 Å². The fourth-order valence-corrected chi connectivity index (χ4v) is 1.43. The summed E-state index contributed by atoms with van der Waals surface area (Å²) in [5, 5.41) is 1.13. The molecule has 1 heterocycles. The molecule has 0 radical (unpaired) electrons. The van der Waals surface area contributed by atoms with Crippen LogP contribution in [0.2, 0.25) is 0 Å². The molecule has 2 aromatic rings. The first-order valence-corrected chi connectivity index (χ1v) is 3.79. The quantitative estimate of drug-likeness (QED) is 0.625. The van der Waals surface area contributed by atoms with E-state index in [1.165, 1.54) is 0 Å². The molecular formula is C8H7BrMgO. The number of benzene rings is 1. The third-order valence-electron chi connectivity index (χ3n) is 1.43. The Hall–Kier alpha value is 0.00623. The molecule has 0 amide bonds. The minimum absolute atomic E-state index is 0. The Morgan fingerprint density at radius 2 is 2.00 bits per heavy atom. The molecule has 1 nitrogen and oxygen atoms in total. The Morgan fingerprint density at radius 3 is 2.73 bits per heavy atom. The fraction of sp³-hybridized carbons (Fsp3) is 0. The van der Waals surface area contributed by atoms with E-state index in [1.807, 2.05) is 24.3 Å². The van der Waals surface area contributed by atoms with Crippen molar-refractivity contribution in [2.24, 2.45) is 0 Å². The topological polar surface area (TPSA) is 13.1 Å². The van der Waals surface area contributed by atoms with Gasteiger partial charge in [0.1, 0.15) is 5.58 Å². The molecule has 0 fully saturated rings. The minimum Gasteiger partial charge on any atom is -0.463 e. The SMILES string of the molecule is Brc1cccc2ccoc12.[MgH2]. The van der Waals surface area contributed by atoms with E-state index in [1.54, 1.807) is 6.26 Å². The van der Waals surface area contributed by atoms with E-state index in [2.05, 4.69) is 15.9 Å². The van der Waals surface area contributed by atoms with Gasteiger partial charge >= 0.3 is 23.1 Å². The lowest BCUT2D eigenvalue weighted by molar-refractivity contribution is 0.614. The number of furan rings is 1. The van der Waals surface area contributed by atoms with E-state index in [0.717, 1.165) is 15.4 Å². The Bertz CT molecular complexity index is 356. The predicted octanol–water partition coefficient (Wildman–Crippen LogP) is 2.28. The highest BCUT2D eigenvalue weighted by Gasteiger charge is 1.97. The number of para-hydroxylation sites is 1. The van der Waals surface area contributed by atoms with Gasteiger partial charge in [0.15, 0.2) is 0 Å². The van der Waals surface area contributed by atoms with Crippen LogP contribution in [0.25, 0.3) is 11.0 Å². The van der Waals surface area contributed by atoms with Crippen molar-refractivity contribution in [2.75, 3.05) is 0 Å². The smallest absolute Gasteiger partial charge is 0.316 e. The second-order valence-corrected chi connectivity index (χ2v) is 2.93. The monoisotopic (exact) mass is 222 g/mol. The highest BCUT2D eigenvalue weighted by Crippen LogP contribution is 2.23. The summed E-state index contributed by atoms with van der Waals surface area (Å²) in [7, 11) is 0. The highest BCUT2D eigenvalue weighted by molar-refractivity contribution is 9.10. The molecule has 0 aliphatic rings. The molecule has 0 saturated carbocycles. The Balaban J connectivity index is 0.000000605. The molecule has 0 N–H and O–H groups in total. The number of rotatable bonds is 0. The lowest BCUT2D eigenvalue weighted by atomic mass is 10.3. The molecule has 0 atom stereocenters. The van der Waals surface area contributed by atoms with Gasteiger partial charge in [-0.1, -0.05) is 12.1 Å². The number of hydrogen-bond donors (Lipinski definition) is 0. The molecular weight excluding hydrogens is 216 g/mol. The fourth-order valence-electron chi connectivity index (χ4n) is 0.956. The van der Waals surface area contributed by atoms with Crippen LogP contribution in [0.1, 0.15) is 0 Å². The molecule has 1 aromatic heterocycles. The highest BCUT2D eigenvalue weighted by atomic mass is 79.9. The van der Waals surface area contributed by atoms with E-state index in [-0.39, 0.29) is 23.1 Å². The van der Waals surface area contributed by atoms with Crippen molar-refractivity contribution in [1.82, 2.24) is 0 Å². The van der Waals surface area contributed by atoms with Crippen molar-refractivity contribution in [1.29, 1.82) is 0 Å². The molecule has 0 spiro atoms. The van der Waals surface area contributed by atoms with E-state index in [9.17, 15) is 0 Å². The minimum atomic E-state index is 0. The summed E-state index contributed by atoms with van der Waals surface area (Å²) in [6.45, 7) is 0. The van der Waals surface area contributed by atoms with Crippen molar-refractivity contribution in [3.05, 3.63) is 35.0 Å². The number of halogens is 1. The van der Waals surface area contributed by atoms with Crippen LogP contribution in [-0.4, -0.2) is 23.1 Å². The van der Waals surface area contributed by atoms with Crippen LogP contribution < -0.4 is 0 Å². The van der Waals surface area contributed by atoms with Gasteiger partial charge in [-0.2, -0.15) is 0 Å². The van der Waals surface area contributed by atoms with Crippen molar-refractivity contribution in [3.63, 3.8) is 0 Å². The van der Waals surface area contributed by atoms with Gasteiger partial charge in [0.25, 0.3) is 0 Å². The molecule has 0 unspecified atom stereocenters. The van der Waals surface area contributed by atoms with Crippen molar-refractivity contribution >= 4 is 50.0 Å². The van der Waals surface area contributed by atoms with Crippen LogP contribution in [0.15, 0.2) is 39.4 Å². The van der Waals surface area contributed by atoms with Crippen LogP contribution in [0.4, 0.5) is 0 Å². The zero-order chi connectivity index (χ0) is 6.97. The number of hydrogen-bond acceptors (Lipinski definition) is 1. The van der Waals surface area contributed by atoms with Gasteiger partial charge in [-0.3, -0.25) is 0 Å². The lowest BCUT2D eigenvalue weighted by Gasteiger charge is -1.88. The van der Waals surface area contributed by atoms with E-state index in [0.29, 0.717) is 0 Å². The summed E-state index contributed by atoms with van der Waals surface area (Å²) in [4.78, 5) is 0. The zero-order valence-electron chi connectivity index (χ0n) is 5.17. The largest absolute Gasteiger partial charge is 0.463 e. The third-order valence-corrected chi connectivity index (χ3v) is 2.06.